The SMILES string of the molecule is CNCC1CC(=O)N(c2cc(Cl)ccc2C)C1C. The maximum absolute atomic E-state index is 12.2. The van der Waals surface area contributed by atoms with Crippen LogP contribution in [0.2, 0.25) is 5.02 Å². The number of aryl methyl sites for hydroxylation is 1. The summed E-state index contributed by atoms with van der Waals surface area (Å²) in [5.74, 6) is 0.550. The second kappa shape index (κ2) is 5.29. The van der Waals surface area contributed by atoms with Crippen molar-refractivity contribution in [3.63, 3.8) is 0 Å². The van der Waals surface area contributed by atoms with E-state index in [-0.39, 0.29) is 11.9 Å². The summed E-state index contributed by atoms with van der Waals surface area (Å²) in [5.41, 5.74) is 2.03. The highest BCUT2D eigenvalue weighted by Gasteiger charge is 2.37. The Morgan fingerprint density at radius 3 is 2.89 bits per heavy atom. The molecule has 1 aliphatic heterocycles. The minimum absolute atomic E-state index is 0.188. The lowest BCUT2D eigenvalue weighted by atomic mass is 10.0. The van der Waals surface area contributed by atoms with Crippen molar-refractivity contribution in [3.05, 3.63) is 28.8 Å². The fourth-order valence-corrected chi connectivity index (χ4v) is 2.80. The quantitative estimate of drug-likeness (QED) is 0.912. The number of anilines is 1. The van der Waals surface area contributed by atoms with E-state index in [1.54, 1.807) is 0 Å². The normalized spacial score (nSPS) is 23.8. The number of amides is 1. The van der Waals surface area contributed by atoms with Gasteiger partial charge in [-0.15, -0.1) is 0 Å². The van der Waals surface area contributed by atoms with E-state index in [9.17, 15) is 4.79 Å². The highest BCUT2D eigenvalue weighted by Crippen LogP contribution is 2.34. The summed E-state index contributed by atoms with van der Waals surface area (Å²) in [6.07, 6.45) is 0.605. The van der Waals surface area contributed by atoms with Crippen molar-refractivity contribution in [1.29, 1.82) is 0 Å². The first-order valence-electron chi connectivity index (χ1n) is 6.27. The van der Waals surface area contributed by atoms with Gasteiger partial charge in [-0.1, -0.05) is 17.7 Å². The second-order valence-electron chi connectivity index (χ2n) is 4.96. The van der Waals surface area contributed by atoms with E-state index in [4.69, 9.17) is 11.6 Å². The van der Waals surface area contributed by atoms with Gasteiger partial charge in [-0.05, 0) is 38.6 Å². The van der Waals surface area contributed by atoms with E-state index in [0.29, 0.717) is 17.4 Å². The minimum Gasteiger partial charge on any atom is -0.319 e. The van der Waals surface area contributed by atoms with Gasteiger partial charge in [0.1, 0.15) is 0 Å². The molecular weight excluding hydrogens is 248 g/mol. The summed E-state index contributed by atoms with van der Waals surface area (Å²) in [4.78, 5) is 14.1. The van der Waals surface area contributed by atoms with Crippen molar-refractivity contribution in [2.75, 3.05) is 18.5 Å². The van der Waals surface area contributed by atoms with Gasteiger partial charge in [0, 0.05) is 35.6 Å². The van der Waals surface area contributed by atoms with Gasteiger partial charge in [0.2, 0.25) is 5.91 Å². The third kappa shape index (κ3) is 2.38. The summed E-state index contributed by atoms with van der Waals surface area (Å²) in [7, 11) is 1.92. The van der Waals surface area contributed by atoms with Crippen molar-refractivity contribution in [2.24, 2.45) is 5.92 Å². The molecule has 2 rings (SSSR count). The number of nitrogens with one attached hydrogen (secondary N) is 1. The van der Waals surface area contributed by atoms with Gasteiger partial charge in [0.15, 0.2) is 0 Å². The lowest BCUT2D eigenvalue weighted by Crippen LogP contribution is -2.35. The topological polar surface area (TPSA) is 32.3 Å². The third-order valence-corrected chi connectivity index (χ3v) is 3.93. The van der Waals surface area contributed by atoms with E-state index in [1.165, 1.54) is 0 Å². The van der Waals surface area contributed by atoms with Crippen molar-refractivity contribution in [3.8, 4) is 0 Å². The number of rotatable bonds is 3. The highest BCUT2D eigenvalue weighted by atomic mass is 35.5. The molecule has 1 amide bonds. The van der Waals surface area contributed by atoms with Crippen LogP contribution in [-0.2, 0) is 4.79 Å². The molecule has 0 bridgehead atoms. The molecule has 3 nitrogen and oxygen atoms in total. The predicted octanol–water partition coefficient (Wildman–Crippen LogP) is 2.61. The summed E-state index contributed by atoms with van der Waals surface area (Å²) in [6, 6.07) is 5.91. The molecule has 2 atom stereocenters. The van der Waals surface area contributed by atoms with E-state index in [0.717, 1.165) is 17.8 Å². The summed E-state index contributed by atoms with van der Waals surface area (Å²) < 4.78 is 0. The van der Waals surface area contributed by atoms with E-state index in [1.807, 2.05) is 37.1 Å². The van der Waals surface area contributed by atoms with Gasteiger partial charge >= 0.3 is 0 Å². The molecule has 1 aromatic rings. The van der Waals surface area contributed by atoms with Crippen LogP contribution in [0.4, 0.5) is 5.69 Å². The van der Waals surface area contributed by atoms with Gasteiger partial charge in [-0.25, -0.2) is 0 Å². The molecule has 1 N–H and O–H groups in total. The molecule has 1 fully saturated rings. The molecule has 1 aromatic carbocycles. The molecular formula is C14H19ClN2O. The summed E-state index contributed by atoms with van der Waals surface area (Å²) in [5, 5.41) is 3.83. The monoisotopic (exact) mass is 266 g/mol. The predicted molar refractivity (Wildman–Crippen MR) is 75.2 cm³/mol. The Labute approximate surface area is 113 Å². The first-order chi connectivity index (χ1) is 8.54. The standard InChI is InChI=1S/C14H19ClN2O/c1-9-4-5-12(15)7-13(9)17-10(2)11(8-16-3)6-14(17)18/h4-5,7,10-11,16H,6,8H2,1-3H3. The molecule has 4 heteroatoms. The number of halogens is 1. The number of carbonyl (C=O) groups excluding carboxylic acids is 1. The Balaban J connectivity index is 2.32. The van der Waals surface area contributed by atoms with Crippen LogP contribution in [0.3, 0.4) is 0 Å². The first kappa shape index (κ1) is 13.4. The Morgan fingerprint density at radius 2 is 2.22 bits per heavy atom. The molecule has 1 saturated heterocycles. The zero-order valence-electron chi connectivity index (χ0n) is 11.0. The second-order valence-corrected chi connectivity index (χ2v) is 5.39. The molecule has 1 heterocycles. The fourth-order valence-electron chi connectivity index (χ4n) is 2.63. The molecule has 2 unspecified atom stereocenters. The minimum atomic E-state index is 0.188. The van der Waals surface area contributed by atoms with Crippen LogP contribution in [0.25, 0.3) is 0 Å². The fraction of sp³-hybridized carbons (Fsp3) is 0.500. The number of carbonyl (C=O) groups is 1. The number of hydrogen-bond donors (Lipinski definition) is 1. The van der Waals surface area contributed by atoms with Crippen molar-refractivity contribution in [1.82, 2.24) is 5.32 Å². The van der Waals surface area contributed by atoms with Crippen LogP contribution in [0, 0.1) is 12.8 Å². The van der Waals surface area contributed by atoms with Gasteiger partial charge in [-0.2, -0.15) is 0 Å². The van der Waals surface area contributed by atoms with Gasteiger partial charge in [0.25, 0.3) is 0 Å². The van der Waals surface area contributed by atoms with Crippen molar-refractivity contribution < 1.29 is 4.79 Å². The van der Waals surface area contributed by atoms with Gasteiger partial charge in [-0.3, -0.25) is 4.79 Å². The molecule has 0 spiro atoms. The maximum atomic E-state index is 12.2. The van der Waals surface area contributed by atoms with Gasteiger partial charge in [0.05, 0.1) is 0 Å². The Hall–Kier alpha value is -1.06. The van der Waals surface area contributed by atoms with Crippen LogP contribution in [0.5, 0.6) is 0 Å². The third-order valence-electron chi connectivity index (χ3n) is 3.69. The molecule has 0 aromatic heterocycles. The molecule has 18 heavy (non-hydrogen) atoms. The first-order valence-corrected chi connectivity index (χ1v) is 6.65. The molecule has 0 radical (unpaired) electrons. The number of benzene rings is 1. The molecule has 1 aliphatic rings. The van der Waals surface area contributed by atoms with E-state index < -0.39 is 0 Å². The van der Waals surface area contributed by atoms with E-state index >= 15 is 0 Å². The largest absolute Gasteiger partial charge is 0.319 e. The summed E-state index contributed by atoms with van der Waals surface area (Å²) >= 11 is 6.04. The maximum Gasteiger partial charge on any atom is 0.227 e. The van der Waals surface area contributed by atoms with Crippen molar-refractivity contribution >= 4 is 23.2 Å². The summed E-state index contributed by atoms with van der Waals surface area (Å²) in [6.45, 7) is 4.98. The van der Waals surface area contributed by atoms with Crippen LogP contribution < -0.4 is 10.2 Å². The Bertz CT molecular complexity index is 461. The highest BCUT2D eigenvalue weighted by molar-refractivity contribution is 6.31. The van der Waals surface area contributed by atoms with Crippen molar-refractivity contribution in [2.45, 2.75) is 26.3 Å². The van der Waals surface area contributed by atoms with E-state index in [2.05, 4.69) is 12.2 Å². The number of hydrogen-bond acceptors (Lipinski definition) is 2. The molecule has 0 aliphatic carbocycles. The lowest BCUT2D eigenvalue weighted by molar-refractivity contribution is -0.117. The smallest absolute Gasteiger partial charge is 0.227 e. The average Bonchev–Trinajstić information content (AvgIpc) is 2.59. The van der Waals surface area contributed by atoms with Crippen LogP contribution in [0.15, 0.2) is 18.2 Å². The Kier molecular flexibility index (Phi) is 3.93. The zero-order chi connectivity index (χ0) is 13.3. The van der Waals surface area contributed by atoms with Gasteiger partial charge < -0.3 is 10.2 Å². The molecule has 98 valence electrons. The molecule has 0 saturated carbocycles. The average molecular weight is 267 g/mol. The Morgan fingerprint density at radius 1 is 1.50 bits per heavy atom. The van der Waals surface area contributed by atoms with Crippen LogP contribution >= 0.6 is 11.6 Å². The van der Waals surface area contributed by atoms with Crippen LogP contribution in [0.1, 0.15) is 18.9 Å². The zero-order valence-corrected chi connectivity index (χ0v) is 11.8. The number of nitrogens with zero attached hydrogens (tertiary/aromatic N) is 1. The lowest BCUT2D eigenvalue weighted by Gasteiger charge is -2.26. The van der Waals surface area contributed by atoms with Crippen LogP contribution in [-0.4, -0.2) is 25.5 Å².